The van der Waals surface area contributed by atoms with Crippen molar-refractivity contribution in [2.75, 3.05) is 24.9 Å². The van der Waals surface area contributed by atoms with Gasteiger partial charge < -0.3 is 25.2 Å². The minimum Gasteiger partial charge on any atom is -0.478 e. The molecule has 2 aromatic carbocycles. The monoisotopic (exact) mass is 440 g/mol. The number of rotatable bonds is 9. The standard InChI is InChI=1S/C22H20N2O8/c1-31-20(27)11-17(22(30)32-2)23-15-7-3-13(4-8-15)18(25)12-19(26)24-16-9-5-14(6-10-16)21(28)29/h3-11,23H,12H2,1-2H3,(H,24,26)(H,28,29)/b17-11+. The quantitative estimate of drug-likeness (QED) is 0.231. The fourth-order valence-electron chi connectivity index (χ4n) is 2.48. The summed E-state index contributed by atoms with van der Waals surface area (Å²) < 4.78 is 9.09. The van der Waals surface area contributed by atoms with Crippen molar-refractivity contribution < 1.29 is 38.6 Å². The number of hydrogen-bond acceptors (Lipinski definition) is 8. The molecule has 166 valence electrons. The van der Waals surface area contributed by atoms with Crippen LogP contribution in [-0.2, 0) is 23.9 Å². The summed E-state index contributed by atoms with van der Waals surface area (Å²) in [5.41, 5.74) is 0.921. The van der Waals surface area contributed by atoms with Crippen LogP contribution in [0.5, 0.6) is 0 Å². The van der Waals surface area contributed by atoms with Gasteiger partial charge in [0.25, 0.3) is 0 Å². The number of aromatic carboxylic acids is 1. The molecule has 2 aromatic rings. The van der Waals surface area contributed by atoms with E-state index in [-0.39, 0.29) is 16.8 Å². The van der Waals surface area contributed by atoms with E-state index >= 15 is 0 Å². The number of carbonyl (C=O) groups is 5. The molecule has 0 saturated heterocycles. The minimum absolute atomic E-state index is 0.0737. The first-order chi connectivity index (χ1) is 15.2. The van der Waals surface area contributed by atoms with Crippen molar-refractivity contribution in [1.82, 2.24) is 0 Å². The highest BCUT2D eigenvalue weighted by molar-refractivity contribution is 6.11. The zero-order valence-corrected chi connectivity index (χ0v) is 17.2. The van der Waals surface area contributed by atoms with E-state index in [4.69, 9.17) is 5.11 Å². The predicted octanol–water partition coefficient (Wildman–Crippen LogP) is 2.24. The van der Waals surface area contributed by atoms with Crippen molar-refractivity contribution in [2.45, 2.75) is 6.42 Å². The van der Waals surface area contributed by atoms with Crippen molar-refractivity contribution in [3.63, 3.8) is 0 Å². The highest BCUT2D eigenvalue weighted by Gasteiger charge is 2.15. The third-order valence-electron chi connectivity index (χ3n) is 4.09. The van der Waals surface area contributed by atoms with Crippen molar-refractivity contribution in [3.05, 3.63) is 71.4 Å². The van der Waals surface area contributed by atoms with Gasteiger partial charge in [-0.05, 0) is 48.5 Å². The summed E-state index contributed by atoms with van der Waals surface area (Å²) in [6.07, 6.45) is 0.501. The van der Waals surface area contributed by atoms with Crippen LogP contribution in [0.25, 0.3) is 0 Å². The molecule has 0 bridgehead atoms. The van der Waals surface area contributed by atoms with Gasteiger partial charge in [0, 0.05) is 16.9 Å². The predicted molar refractivity (Wildman–Crippen MR) is 113 cm³/mol. The molecule has 10 heteroatoms. The normalized spacial score (nSPS) is 10.6. The average molecular weight is 440 g/mol. The summed E-state index contributed by atoms with van der Waals surface area (Å²) in [5.74, 6) is -3.64. The minimum atomic E-state index is -1.09. The van der Waals surface area contributed by atoms with E-state index < -0.39 is 36.0 Å². The second-order valence-electron chi connectivity index (χ2n) is 6.31. The molecule has 10 nitrogen and oxygen atoms in total. The molecule has 0 spiro atoms. The summed E-state index contributed by atoms with van der Waals surface area (Å²) in [4.78, 5) is 58.5. The summed E-state index contributed by atoms with van der Waals surface area (Å²) in [6, 6.07) is 11.4. The van der Waals surface area contributed by atoms with Crippen LogP contribution in [0.1, 0.15) is 27.1 Å². The number of nitrogens with one attached hydrogen (secondary N) is 2. The molecule has 0 fully saturated rings. The maximum Gasteiger partial charge on any atom is 0.354 e. The molecule has 0 aliphatic carbocycles. The maximum absolute atomic E-state index is 12.4. The highest BCUT2D eigenvalue weighted by atomic mass is 16.5. The molecule has 3 N–H and O–H groups in total. The fraction of sp³-hybridized carbons (Fsp3) is 0.136. The lowest BCUT2D eigenvalue weighted by atomic mass is 10.1. The van der Waals surface area contributed by atoms with Gasteiger partial charge in [-0.15, -0.1) is 0 Å². The maximum atomic E-state index is 12.4. The van der Waals surface area contributed by atoms with Crippen LogP contribution in [0, 0.1) is 0 Å². The Labute approximate surface area is 182 Å². The fourth-order valence-corrected chi connectivity index (χ4v) is 2.48. The van der Waals surface area contributed by atoms with Crippen LogP contribution in [0.2, 0.25) is 0 Å². The lowest BCUT2D eigenvalue weighted by molar-refractivity contribution is -0.138. The number of hydrogen-bond donors (Lipinski definition) is 3. The van der Waals surface area contributed by atoms with Crippen molar-refractivity contribution in [3.8, 4) is 0 Å². The number of carboxylic acid groups (broad SMARTS) is 1. The Kier molecular flexibility index (Phi) is 8.23. The average Bonchev–Trinajstić information content (AvgIpc) is 2.78. The number of esters is 2. The Bertz CT molecular complexity index is 1060. The Morgan fingerprint density at radius 1 is 0.812 bits per heavy atom. The summed E-state index contributed by atoms with van der Waals surface area (Å²) in [7, 11) is 2.32. The smallest absolute Gasteiger partial charge is 0.354 e. The first-order valence-corrected chi connectivity index (χ1v) is 9.15. The Balaban J connectivity index is 2.00. The molecule has 32 heavy (non-hydrogen) atoms. The van der Waals surface area contributed by atoms with Crippen LogP contribution in [0.3, 0.4) is 0 Å². The van der Waals surface area contributed by atoms with E-state index in [0.717, 1.165) is 20.3 Å². The number of ether oxygens (including phenoxy) is 2. The molecule has 0 aliphatic rings. The van der Waals surface area contributed by atoms with E-state index in [0.29, 0.717) is 11.4 Å². The lowest BCUT2D eigenvalue weighted by Crippen LogP contribution is -2.17. The summed E-state index contributed by atoms with van der Waals surface area (Å²) in [6.45, 7) is 0. The van der Waals surface area contributed by atoms with Gasteiger partial charge in [-0.25, -0.2) is 14.4 Å². The molecule has 0 saturated carbocycles. The molecule has 0 aliphatic heterocycles. The first-order valence-electron chi connectivity index (χ1n) is 9.15. The molecular weight excluding hydrogens is 420 g/mol. The Morgan fingerprint density at radius 2 is 1.34 bits per heavy atom. The van der Waals surface area contributed by atoms with E-state index in [1.165, 1.54) is 48.5 Å². The Hall–Kier alpha value is -4.47. The van der Waals surface area contributed by atoms with E-state index in [1.807, 2.05) is 0 Å². The van der Waals surface area contributed by atoms with Crippen LogP contribution in [-0.4, -0.2) is 48.9 Å². The summed E-state index contributed by atoms with van der Waals surface area (Å²) >= 11 is 0. The van der Waals surface area contributed by atoms with E-state index in [9.17, 15) is 24.0 Å². The van der Waals surface area contributed by atoms with Crippen molar-refractivity contribution in [2.24, 2.45) is 0 Å². The van der Waals surface area contributed by atoms with Crippen LogP contribution < -0.4 is 10.6 Å². The lowest BCUT2D eigenvalue weighted by Gasteiger charge is -2.10. The highest BCUT2D eigenvalue weighted by Crippen LogP contribution is 2.15. The molecule has 1 amide bonds. The number of Topliss-reactive ketones (excluding diaryl/α,β-unsaturated/α-hetero) is 1. The van der Waals surface area contributed by atoms with Gasteiger partial charge in [0.15, 0.2) is 5.78 Å². The SMILES string of the molecule is COC(=O)/C=C(/Nc1ccc(C(=O)CC(=O)Nc2ccc(C(=O)O)cc2)cc1)C(=O)OC. The van der Waals surface area contributed by atoms with Gasteiger partial charge in [-0.2, -0.15) is 0 Å². The van der Waals surface area contributed by atoms with Crippen molar-refractivity contribution >= 4 is 41.0 Å². The number of ketones is 1. The number of methoxy groups -OCH3 is 2. The summed E-state index contributed by atoms with van der Waals surface area (Å²) in [5, 5.41) is 14.1. The number of carbonyl (C=O) groups excluding carboxylic acids is 4. The second-order valence-corrected chi connectivity index (χ2v) is 6.31. The van der Waals surface area contributed by atoms with Gasteiger partial charge in [0.2, 0.25) is 5.91 Å². The molecule has 0 unspecified atom stereocenters. The number of amides is 1. The molecular formula is C22H20N2O8. The van der Waals surface area contributed by atoms with Crippen LogP contribution in [0.15, 0.2) is 60.3 Å². The molecule has 2 rings (SSSR count). The van der Waals surface area contributed by atoms with Crippen LogP contribution in [0.4, 0.5) is 11.4 Å². The molecule has 0 atom stereocenters. The number of anilines is 2. The molecule has 0 aromatic heterocycles. The van der Waals surface area contributed by atoms with Gasteiger partial charge in [-0.1, -0.05) is 0 Å². The van der Waals surface area contributed by atoms with Gasteiger partial charge in [0.1, 0.15) is 5.70 Å². The zero-order valence-electron chi connectivity index (χ0n) is 17.2. The third-order valence-corrected chi connectivity index (χ3v) is 4.09. The first kappa shape index (κ1) is 23.8. The zero-order chi connectivity index (χ0) is 23.7. The number of carboxylic acids is 1. The Morgan fingerprint density at radius 3 is 1.84 bits per heavy atom. The molecule has 0 heterocycles. The largest absolute Gasteiger partial charge is 0.478 e. The second kappa shape index (κ2) is 11.1. The number of benzene rings is 2. The van der Waals surface area contributed by atoms with Gasteiger partial charge >= 0.3 is 17.9 Å². The van der Waals surface area contributed by atoms with E-state index in [1.54, 1.807) is 0 Å². The topological polar surface area (TPSA) is 148 Å². The molecule has 0 radical (unpaired) electrons. The van der Waals surface area contributed by atoms with Crippen LogP contribution >= 0.6 is 0 Å². The van der Waals surface area contributed by atoms with Crippen molar-refractivity contribution in [1.29, 1.82) is 0 Å². The third kappa shape index (κ3) is 6.80. The van der Waals surface area contributed by atoms with Gasteiger partial charge in [-0.3, -0.25) is 9.59 Å². The van der Waals surface area contributed by atoms with Gasteiger partial charge in [0.05, 0.1) is 32.3 Å². The van der Waals surface area contributed by atoms with E-state index in [2.05, 4.69) is 20.1 Å².